The van der Waals surface area contributed by atoms with Gasteiger partial charge in [-0.05, 0) is 49.9 Å². The Morgan fingerprint density at radius 1 is 1.21 bits per heavy atom. The molecule has 0 radical (unpaired) electrons. The highest BCUT2D eigenvalue weighted by molar-refractivity contribution is 7.13. The van der Waals surface area contributed by atoms with Crippen LogP contribution in [0.5, 0.6) is 0 Å². The maximum atomic E-state index is 12.7. The van der Waals surface area contributed by atoms with Crippen LogP contribution in [0.2, 0.25) is 0 Å². The number of likely N-dealkylation sites (tertiary alicyclic amines) is 1. The lowest BCUT2D eigenvalue weighted by molar-refractivity contribution is 0.0915. The van der Waals surface area contributed by atoms with Crippen LogP contribution in [0.25, 0.3) is 10.6 Å². The van der Waals surface area contributed by atoms with E-state index in [4.69, 9.17) is 4.52 Å². The topological polar surface area (TPSA) is 58.4 Å². The van der Waals surface area contributed by atoms with Crippen LogP contribution in [-0.2, 0) is 0 Å². The molecule has 0 spiro atoms. The van der Waals surface area contributed by atoms with Crippen LogP contribution in [0.3, 0.4) is 0 Å². The lowest BCUT2D eigenvalue weighted by Crippen LogP contribution is -2.40. The number of nitrogens with one attached hydrogen (secondary N) is 1. The summed E-state index contributed by atoms with van der Waals surface area (Å²) in [7, 11) is 0. The van der Waals surface area contributed by atoms with Crippen LogP contribution >= 0.6 is 11.3 Å². The highest BCUT2D eigenvalue weighted by Gasteiger charge is 2.24. The molecule has 146 valence electrons. The number of benzene rings is 1. The maximum Gasteiger partial charge on any atom is 0.273 e. The van der Waals surface area contributed by atoms with Crippen LogP contribution < -0.4 is 5.32 Å². The molecule has 28 heavy (non-hydrogen) atoms. The molecule has 1 N–H and O–H groups in total. The number of hydrogen-bond donors (Lipinski definition) is 1. The summed E-state index contributed by atoms with van der Waals surface area (Å²) in [5.74, 6) is 0.437. The Hall–Kier alpha value is -2.44. The Bertz CT molecular complexity index is 896. The second-order valence-electron chi connectivity index (χ2n) is 7.29. The quantitative estimate of drug-likeness (QED) is 0.659. The van der Waals surface area contributed by atoms with Crippen molar-refractivity contribution in [3.05, 3.63) is 64.7 Å². The normalized spacial score (nSPS) is 16.0. The second-order valence-corrected chi connectivity index (χ2v) is 8.23. The number of rotatable bonds is 6. The molecular weight excluding hydrogens is 370 g/mol. The molecule has 0 aliphatic carbocycles. The Morgan fingerprint density at radius 2 is 2.00 bits per heavy atom. The zero-order chi connectivity index (χ0) is 19.3. The predicted molar refractivity (Wildman–Crippen MR) is 111 cm³/mol. The van der Waals surface area contributed by atoms with Gasteiger partial charge in [-0.3, -0.25) is 9.69 Å². The number of thiophene rings is 1. The van der Waals surface area contributed by atoms with Crippen molar-refractivity contribution < 1.29 is 9.32 Å². The second kappa shape index (κ2) is 8.71. The first-order chi connectivity index (χ1) is 13.7. The maximum absolute atomic E-state index is 12.7. The molecule has 1 aliphatic rings. The van der Waals surface area contributed by atoms with E-state index in [1.165, 1.54) is 30.4 Å². The summed E-state index contributed by atoms with van der Waals surface area (Å²) < 4.78 is 5.34. The number of aromatic nitrogens is 1. The van der Waals surface area contributed by atoms with E-state index in [-0.39, 0.29) is 11.9 Å². The minimum Gasteiger partial charge on any atom is -0.355 e. The summed E-state index contributed by atoms with van der Waals surface area (Å²) in [6, 6.07) is 14.4. The fourth-order valence-electron chi connectivity index (χ4n) is 3.67. The molecule has 1 aliphatic heterocycles. The van der Waals surface area contributed by atoms with E-state index < -0.39 is 0 Å². The Labute approximate surface area is 169 Å². The smallest absolute Gasteiger partial charge is 0.273 e. The zero-order valence-corrected chi connectivity index (χ0v) is 16.9. The van der Waals surface area contributed by atoms with Crippen molar-refractivity contribution >= 4 is 17.2 Å². The first-order valence-corrected chi connectivity index (χ1v) is 10.7. The van der Waals surface area contributed by atoms with E-state index in [1.54, 1.807) is 17.4 Å². The lowest BCUT2D eigenvalue weighted by Gasteiger charge is -2.35. The van der Waals surface area contributed by atoms with Crippen LogP contribution in [-0.4, -0.2) is 35.6 Å². The van der Waals surface area contributed by atoms with Crippen LogP contribution in [0.15, 0.2) is 52.4 Å². The summed E-state index contributed by atoms with van der Waals surface area (Å²) in [6.45, 7) is 4.79. The van der Waals surface area contributed by atoms with Gasteiger partial charge in [-0.25, -0.2) is 0 Å². The standard InChI is InChI=1S/C22H25N3O2S/c1-16-7-9-17(10-8-16)19(25-11-3-2-4-12-25)15-23-22(26)18-14-20(27-24-18)21-6-5-13-28-21/h5-10,13-14,19H,2-4,11-12,15H2,1H3,(H,23,26)/t19-/m0/s1. The average Bonchev–Trinajstić information content (AvgIpc) is 3.42. The molecular formula is C22H25N3O2S. The predicted octanol–water partition coefficient (Wildman–Crippen LogP) is 4.67. The Kier molecular flexibility index (Phi) is 5.88. The van der Waals surface area contributed by atoms with Crippen LogP contribution in [0, 0.1) is 6.92 Å². The summed E-state index contributed by atoms with van der Waals surface area (Å²) in [5, 5.41) is 9.00. The number of amides is 1. The summed E-state index contributed by atoms with van der Waals surface area (Å²) in [4.78, 5) is 16.1. The zero-order valence-electron chi connectivity index (χ0n) is 16.1. The van der Waals surface area contributed by atoms with E-state index in [9.17, 15) is 4.79 Å². The molecule has 3 aromatic rings. The minimum absolute atomic E-state index is 0.175. The number of carbonyl (C=O) groups is 1. The minimum atomic E-state index is -0.194. The molecule has 2 aromatic heterocycles. The van der Waals surface area contributed by atoms with E-state index >= 15 is 0 Å². The third-order valence-corrected chi connectivity index (χ3v) is 6.14. The Balaban J connectivity index is 1.46. The van der Waals surface area contributed by atoms with E-state index in [2.05, 4.69) is 46.6 Å². The first-order valence-electron chi connectivity index (χ1n) is 9.80. The fourth-order valence-corrected chi connectivity index (χ4v) is 4.35. The number of nitrogens with zero attached hydrogens (tertiary/aromatic N) is 2. The molecule has 5 nitrogen and oxygen atoms in total. The molecule has 1 saturated heterocycles. The van der Waals surface area contributed by atoms with E-state index in [1.807, 2.05) is 17.5 Å². The van der Waals surface area contributed by atoms with Crippen molar-refractivity contribution in [1.29, 1.82) is 0 Å². The summed E-state index contributed by atoms with van der Waals surface area (Å²) >= 11 is 1.56. The van der Waals surface area contributed by atoms with Crippen molar-refractivity contribution in [3.63, 3.8) is 0 Å². The molecule has 1 atom stereocenters. The lowest BCUT2D eigenvalue weighted by atomic mass is 10.0. The van der Waals surface area contributed by atoms with Gasteiger partial charge in [0.25, 0.3) is 5.91 Å². The van der Waals surface area contributed by atoms with Gasteiger partial charge < -0.3 is 9.84 Å². The first kappa shape index (κ1) is 18.9. The molecule has 0 saturated carbocycles. The molecule has 6 heteroatoms. The van der Waals surface area contributed by atoms with Gasteiger partial charge in [-0.2, -0.15) is 0 Å². The highest BCUT2D eigenvalue weighted by Crippen LogP contribution is 2.26. The van der Waals surface area contributed by atoms with Crippen molar-refractivity contribution in [2.45, 2.75) is 32.2 Å². The van der Waals surface area contributed by atoms with Gasteiger partial charge in [0.1, 0.15) is 0 Å². The van der Waals surface area contributed by atoms with Crippen LogP contribution in [0.4, 0.5) is 0 Å². The average molecular weight is 396 g/mol. The molecule has 1 fully saturated rings. The SMILES string of the molecule is Cc1ccc([C@H](CNC(=O)c2cc(-c3cccs3)on2)N2CCCCC2)cc1. The molecule has 3 heterocycles. The number of piperidine rings is 1. The summed E-state index contributed by atoms with van der Waals surface area (Å²) in [5.41, 5.74) is 2.81. The van der Waals surface area contributed by atoms with Crippen LogP contribution in [0.1, 0.15) is 46.9 Å². The third-order valence-electron chi connectivity index (χ3n) is 5.26. The largest absolute Gasteiger partial charge is 0.355 e. The van der Waals surface area contributed by atoms with Gasteiger partial charge in [0, 0.05) is 12.6 Å². The van der Waals surface area contributed by atoms with Crippen molar-refractivity contribution in [1.82, 2.24) is 15.4 Å². The molecule has 1 aromatic carbocycles. The fraction of sp³-hybridized carbons (Fsp3) is 0.364. The number of carbonyl (C=O) groups excluding carboxylic acids is 1. The highest BCUT2D eigenvalue weighted by atomic mass is 32.1. The van der Waals surface area contributed by atoms with Gasteiger partial charge in [0.15, 0.2) is 11.5 Å². The van der Waals surface area contributed by atoms with Crippen molar-refractivity contribution in [2.75, 3.05) is 19.6 Å². The van der Waals surface area contributed by atoms with Gasteiger partial charge >= 0.3 is 0 Å². The number of hydrogen-bond acceptors (Lipinski definition) is 5. The van der Waals surface area contributed by atoms with Gasteiger partial charge in [-0.1, -0.05) is 47.5 Å². The van der Waals surface area contributed by atoms with Crippen molar-refractivity contribution in [2.24, 2.45) is 0 Å². The van der Waals surface area contributed by atoms with Crippen molar-refractivity contribution in [3.8, 4) is 10.6 Å². The van der Waals surface area contributed by atoms with Gasteiger partial charge in [0.05, 0.1) is 10.9 Å². The van der Waals surface area contributed by atoms with Gasteiger partial charge in [0.2, 0.25) is 0 Å². The molecule has 0 bridgehead atoms. The monoisotopic (exact) mass is 395 g/mol. The van der Waals surface area contributed by atoms with E-state index in [0.717, 1.165) is 18.0 Å². The third kappa shape index (κ3) is 4.34. The van der Waals surface area contributed by atoms with E-state index in [0.29, 0.717) is 18.0 Å². The molecule has 4 rings (SSSR count). The Morgan fingerprint density at radius 3 is 2.71 bits per heavy atom. The molecule has 1 amide bonds. The number of aryl methyl sites for hydroxylation is 1. The molecule has 0 unspecified atom stereocenters. The summed E-state index contributed by atoms with van der Waals surface area (Å²) in [6.07, 6.45) is 3.71. The van der Waals surface area contributed by atoms with Gasteiger partial charge in [-0.15, -0.1) is 11.3 Å².